The summed E-state index contributed by atoms with van der Waals surface area (Å²) in [6.45, 7) is 6.89. The van der Waals surface area contributed by atoms with Crippen LogP contribution in [0, 0.1) is 11.2 Å². The fourth-order valence-electron chi connectivity index (χ4n) is 5.37. The Morgan fingerprint density at radius 3 is 2.47 bits per heavy atom. The molecule has 6 heteroatoms. The largest absolute Gasteiger partial charge is 0.494 e. The molecule has 1 aliphatic carbocycles. The number of benzene rings is 3. The Labute approximate surface area is 223 Å². The van der Waals surface area contributed by atoms with Gasteiger partial charge in [-0.3, -0.25) is 14.5 Å². The number of unbranched alkanes of at least 4 members (excludes halogenated alkanes) is 1. The highest BCUT2D eigenvalue weighted by atomic mass is 19.1. The molecule has 1 atom stereocenters. The maximum Gasteiger partial charge on any atom is 0.262 e. The van der Waals surface area contributed by atoms with Crippen LogP contribution >= 0.6 is 0 Å². The van der Waals surface area contributed by atoms with Crippen molar-refractivity contribution < 1.29 is 18.7 Å². The van der Waals surface area contributed by atoms with Crippen LogP contribution < -0.4 is 15.0 Å². The summed E-state index contributed by atoms with van der Waals surface area (Å²) in [4.78, 5) is 29.6. The van der Waals surface area contributed by atoms with Crippen molar-refractivity contribution in [2.45, 2.75) is 52.5 Å². The standard InChI is InChI=1S/C32H33FN2O3/c1-4-5-18-38-22-16-14-21(15-17-22)30-29-26(19-32(2,3)20-28(29)36)34-25-12-8-9-13-27(25)35(30)31(37)23-10-6-7-11-24(23)33/h6-17,30,34H,4-5,18-20H2,1-3H3/t30-/m1/s1. The van der Waals surface area contributed by atoms with Crippen molar-refractivity contribution in [3.63, 3.8) is 0 Å². The van der Waals surface area contributed by atoms with Gasteiger partial charge in [0.25, 0.3) is 5.91 Å². The average Bonchev–Trinajstić information content (AvgIpc) is 3.03. The number of Topliss-reactive ketones (excluding diaryl/α,β-unsaturated/α-hetero) is 1. The highest BCUT2D eigenvalue weighted by molar-refractivity contribution is 6.12. The minimum Gasteiger partial charge on any atom is -0.494 e. The summed E-state index contributed by atoms with van der Waals surface area (Å²) >= 11 is 0. The van der Waals surface area contributed by atoms with Crippen molar-refractivity contribution in [2.24, 2.45) is 5.41 Å². The molecule has 0 aromatic heterocycles. The number of hydrogen-bond donors (Lipinski definition) is 1. The highest BCUT2D eigenvalue weighted by Crippen LogP contribution is 2.48. The molecule has 2 aliphatic rings. The van der Waals surface area contributed by atoms with Crippen LogP contribution in [0.1, 0.15) is 68.4 Å². The van der Waals surface area contributed by atoms with Crippen LogP contribution in [-0.4, -0.2) is 18.3 Å². The zero-order valence-corrected chi connectivity index (χ0v) is 22.1. The molecule has 0 saturated carbocycles. The zero-order valence-electron chi connectivity index (χ0n) is 22.1. The number of carbonyl (C=O) groups is 2. The molecule has 38 heavy (non-hydrogen) atoms. The first-order chi connectivity index (χ1) is 18.3. The van der Waals surface area contributed by atoms with E-state index in [2.05, 4.69) is 26.1 Å². The molecule has 5 rings (SSSR count). The summed E-state index contributed by atoms with van der Waals surface area (Å²) in [5.41, 5.74) is 3.13. The first-order valence-corrected chi connectivity index (χ1v) is 13.2. The highest BCUT2D eigenvalue weighted by Gasteiger charge is 2.43. The lowest BCUT2D eigenvalue weighted by molar-refractivity contribution is -0.118. The second-order valence-electron chi connectivity index (χ2n) is 10.8. The van der Waals surface area contributed by atoms with E-state index in [0.29, 0.717) is 36.4 Å². The van der Waals surface area contributed by atoms with Gasteiger partial charge < -0.3 is 10.1 Å². The fourth-order valence-corrected chi connectivity index (χ4v) is 5.37. The maximum absolute atomic E-state index is 15.0. The molecule has 1 heterocycles. The fraction of sp³-hybridized carbons (Fsp3) is 0.312. The van der Waals surface area contributed by atoms with E-state index in [4.69, 9.17) is 4.74 Å². The number of ketones is 1. The number of rotatable bonds is 6. The summed E-state index contributed by atoms with van der Waals surface area (Å²) in [6, 6.07) is 20.3. The van der Waals surface area contributed by atoms with Crippen molar-refractivity contribution in [3.8, 4) is 5.75 Å². The van der Waals surface area contributed by atoms with E-state index in [1.54, 1.807) is 17.0 Å². The van der Waals surface area contributed by atoms with Gasteiger partial charge >= 0.3 is 0 Å². The van der Waals surface area contributed by atoms with E-state index in [0.717, 1.165) is 29.9 Å². The van der Waals surface area contributed by atoms with Gasteiger partial charge in [-0.05, 0) is 60.2 Å². The summed E-state index contributed by atoms with van der Waals surface area (Å²) in [5, 5.41) is 3.49. The van der Waals surface area contributed by atoms with Gasteiger partial charge in [-0.2, -0.15) is 0 Å². The third kappa shape index (κ3) is 4.95. The van der Waals surface area contributed by atoms with E-state index >= 15 is 0 Å². The number of hydrogen-bond acceptors (Lipinski definition) is 4. The van der Waals surface area contributed by atoms with Crippen molar-refractivity contribution in [1.29, 1.82) is 0 Å². The first-order valence-electron chi connectivity index (χ1n) is 13.2. The SMILES string of the molecule is CCCCOc1ccc([C@@H]2C3=C(CC(C)(C)CC3=O)Nc3ccccc3N2C(=O)c2ccccc2F)cc1. The van der Waals surface area contributed by atoms with Crippen molar-refractivity contribution in [1.82, 2.24) is 0 Å². The molecular weight excluding hydrogens is 479 g/mol. The van der Waals surface area contributed by atoms with E-state index < -0.39 is 17.8 Å². The lowest BCUT2D eigenvalue weighted by Crippen LogP contribution is -2.39. The van der Waals surface area contributed by atoms with Gasteiger partial charge in [-0.1, -0.05) is 63.6 Å². The van der Waals surface area contributed by atoms with Crippen molar-refractivity contribution in [2.75, 3.05) is 16.8 Å². The van der Waals surface area contributed by atoms with Crippen LogP contribution in [0.15, 0.2) is 84.1 Å². The minimum absolute atomic E-state index is 0.0174. The first kappa shape index (κ1) is 25.7. The second-order valence-corrected chi connectivity index (χ2v) is 10.8. The molecule has 3 aromatic carbocycles. The van der Waals surface area contributed by atoms with Gasteiger partial charge in [0, 0.05) is 17.7 Å². The molecule has 5 nitrogen and oxygen atoms in total. The number of anilines is 2. The normalized spacial score (nSPS) is 18.3. The lowest BCUT2D eigenvalue weighted by Gasteiger charge is -2.37. The molecule has 0 radical (unpaired) electrons. The van der Waals surface area contributed by atoms with E-state index in [-0.39, 0.29) is 16.8 Å². The average molecular weight is 513 g/mol. The predicted octanol–water partition coefficient (Wildman–Crippen LogP) is 7.46. The third-order valence-corrected chi connectivity index (χ3v) is 7.19. The Kier molecular flexibility index (Phi) is 7.06. The Bertz CT molecular complexity index is 1390. The number of nitrogens with zero attached hydrogens (tertiary/aromatic N) is 1. The van der Waals surface area contributed by atoms with Gasteiger partial charge in [0.15, 0.2) is 5.78 Å². The molecule has 3 aromatic rings. The van der Waals surface area contributed by atoms with Crippen molar-refractivity contribution >= 4 is 23.1 Å². The summed E-state index contributed by atoms with van der Waals surface area (Å²) in [6.07, 6.45) is 3.01. The molecule has 1 aliphatic heterocycles. The Morgan fingerprint density at radius 2 is 1.74 bits per heavy atom. The van der Waals surface area contributed by atoms with Gasteiger partial charge in [0.1, 0.15) is 11.6 Å². The monoisotopic (exact) mass is 512 g/mol. The molecular formula is C32H33FN2O3. The minimum atomic E-state index is -0.735. The van der Waals surface area contributed by atoms with Crippen LogP contribution in [0.4, 0.5) is 15.8 Å². The topological polar surface area (TPSA) is 58.6 Å². The Balaban J connectivity index is 1.70. The van der Waals surface area contributed by atoms with Crippen LogP contribution in [-0.2, 0) is 4.79 Å². The van der Waals surface area contributed by atoms with Crippen LogP contribution in [0.25, 0.3) is 0 Å². The number of fused-ring (bicyclic) bond motifs is 1. The molecule has 1 N–H and O–H groups in total. The van der Waals surface area contributed by atoms with Crippen molar-refractivity contribution in [3.05, 3.63) is 101 Å². The smallest absolute Gasteiger partial charge is 0.262 e. The number of allylic oxidation sites excluding steroid dienone is 1. The Hall–Kier alpha value is -3.93. The number of ether oxygens (including phenoxy) is 1. The molecule has 0 unspecified atom stereocenters. The molecule has 0 spiro atoms. The number of carbonyl (C=O) groups excluding carboxylic acids is 2. The number of nitrogens with one attached hydrogen (secondary N) is 1. The van der Waals surface area contributed by atoms with Crippen LogP contribution in [0.3, 0.4) is 0 Å². The predicted molar refractivity (Wildman–Crippen MR) is 148 cm³/mol. The molecule has 0 saturated heterocycles. The van der Waals surface area contributed by atoms with Gasteiger partial charge in [0.2, 0.25) is 0 Å². The number of amides is 1. The van der Waals surface area contributed by atoms with E-state index in [1.165, 1.54) is 12.1 Å². The van der Waals surface area contributed by atoms with E-state index in [1.807, 2.05) is 48.5 Å². The number of para-hydroxylation sites is 2. The van der Waals surface area contributed by atoms with Gasteiger partial charge in [0.05, 0.1) is 29.6 Å². The summed E-state index contributed by atoms with van der Waals surface area (Å²) in [7, 11) is 0. The third-order valence-electron chi connectivity index (χ3n) is 7.19. The van der Waals surface area contributed by atoms with Crippen LogP contribution in [0.5, 0.6) is 5.75 Å². The van der Waals surface area contributed by atoms with Gasteiger partial charge in [-0.25, -0.2) is 4.39 Å². The summed E-state index contributed by atoms with van der Waals surface area (Å²) < 4.78 is 20.8. The Morgan fingerprint density at radius 1 is 1.03 bits per heavy atom. The zero-order chi connectivity index (χ0) is 26.9. The quantitative estimate of drug-likeness (QED) is 0.348. The molecule has 0 fully saturated rings. The summed E-state index contributed by atoms with van der Waals surface area (Å²) in [5.74, 6) is -0.393. The van der Waals surface area contributed by atoms with Gasteiger partial charge in [-0.15, -0.1) is 0 Å². The molecule has 0 bridgehead atoms. The number of halogens is 1. The van der Waals surface area contributed by atoms with E-state index in [9.17, 15) is 14.0 Å². The lowest BCUT2D eigenvalue weighted by atomic mass is 9.73. The molecule has 1 amide bonds. The maximum atomic E-state index is 15.0. The van der Waals surface area contributed by atoms with Crippen LogP contribution in [0.2, 0.25) is 0 Å². The molecule has 196 valence electrons. The second kappa shape index (κ2) is 10.4.